The number of aromatic nitrogens is 6. The molecule has 1 atom stereocenters. The number of rotatable bonds is 6. The smallest absolute Gasteiger partial charge is 0.383 e. The molecular formula is C25H24F6N8OS. The van der Waals surface area contributed by atoms with Gasteiger partial charge >= 0.3 is 12.1 Å². The van der Waals surface area contributed by atoms with Gasteiger partial charge < -0.3 is 11.1 Å². The van der Waals surface area contributed by atoms with Crippen LogP contribution in [0.4, 0.5) is 38.0 Å². The maximum Gasteiger partial charge on any atom is 0.453 e. The number of nitrogens with zero attached hydrogens (tertiary/aromatic N) is 6. The summed E-state index contributed by atoms with van der Waals surface area (Å²) in [6.07, 6.45) is -5.93. The van der Waals surface area contributed by atoms with E-state index in [2.05, 4.69) is 51.1 Å². The minimum atomic E-state index is -5.76. The Balaban J connectivity index is 1.56. The van der Waals surface area contributed by atoms with E-state index in [-0.39, 0.29) is 45.2 Å². The first-order valence-electron chi connectivity index (χ1n) is 12.3. The van der Waals surface area contributed by atoms with Crippen LogP contribution in [0.2, 0.25) is 0 Å². The van der Waals surface area contributed by atoms with Crippen LogP contribution in [0.25, 0.3) is 22.6 Å². The van der Waals surface area contributed by atoms with Gasteiger partial charge in [-0.1, -0.05) is 20.8 Å². The average molecular weight is 599 g/mol. The van der Waals surface area contributed by atoms with Gasteiger partial charge in [0.2, 0.25) is 5.91 Å². The van der Waals surface area contributed by atoms with Gasteiger partial charge in [0.05, 0.1) is 22.8 Å². The molecule has 1 aliphatic rings. The summed E-state index contributed by atoms with van der Waals surface area (Å²) in [6.45, 7) is 6.93. The third-order valence-corrected chi connectivity index (χ3v) is 7.74. The lowest BCUT2D eigenvalue weighted by atomic mass is 9.85. The van der Waals surface area contributed by atoms with Crippen molar-refractivity contribution in [2.45, 2.75) is 64.6 Å². The van der Waals surface area contributed by atoms with Gasteiger partial charge in [0.1, 0.15) is 33.6 Å². The lowest BCUT2D eigenvalue weighted by molar-refractivity contribution is -0.285. The number of aryl methyl sites for hydroxylation is 1. The zero-order valence-electron chi connectivity index (χ0n) is 22.2. The molecule has 4 aromatic rings. The quantitative estimate of drug-likeness (QED) is 0.281. The van der Waals surface area contributed by atoms with Crippen molar-refractivity contribution in [3.8, 4) is 11.5 Å². The minimum absolute atomic E-state index is 0.0394. The largest absolute Gasteiger partial charge is 0.453 e. The molecule has 0 saturated heterocycles. The van der Waals surface area contributed by atoms with Gasteiger partial charge in [0.25, 0.3) is 0 Å². The van der Waals surface area contributed by atoms with E-state index < -0.39 is 42.2 Å². The number of hydrogen-bond acceptors (Lipinski definition) is 8. The average Bonchev–Trinajstić information content (AvgIpc) is 3.51. The number of thiazole rings is 1. The highest BCUT2D eigenvalue weighted by Gasteiger charge is 2.57. The van der Waals surface area contributed by atoms with E-state index in [0.717, 1.165) is 22.6 Å². The fourth-order valence-electron chi connectivity index (χ4n) is 4.62. The monoisotopic (exact) mass is 598 g/mol. The van der Waals surface area contributed by atoms with Gasteiger partial charge in [-0.3, -0.25) is 4.79 Å². The number of nitrogens with one attached hydrogen (secondary N) is 1. The summed E-state index contributed by atoms with van der Waals surface area (Å²) in [5.74, 6) is -6.55. The first-order chi connectivity index (χ1) is 18.9. The number of anilines is 2. The standard InChI is InChI=1S/C25H24F6N8OS/c1-22(2,3)8-12-10-41-21(34-12)23(4)14-16(32)35-18(36-17(14)37-20(23)40)15-13-7-11(26)9-33-19(13)39(38-15)6-5-24(27,28)25(29,30)31/h7,9-10H,5-6,8H2,1-4H3,(H3,32,35,36,37,40). The predicted molar refractivity (Wildman–Crippen MR) is 139 cm³/mol. The van der Waals surface area contributed by atoms with Crippen LogP contribution in [0, 0.1) is 11.2 Å². The zero-order valence-corrected chi connectivity index (χ0v) is 23.0. The Morgan fingerprint density at radius 1 is 1.12 bits per heavy atom. The third kappa shape index (κ3) is 4.97. The van der Waals surface area contributed by atoms with Crippen LogP contribution in [0.15, 0.2) is 17.6 Å². The molecule has 0 bridgehead atoms. The highest BCUT2D eigenvalue weighted by atomic mass is 32.1. The molecule has 41 heavy (non-hydrogen) atoms. The summed E-state index contributed by atoms with van der Waals surface area (Å²) in [7, 11) is 0. The van der Waals surface area contributed by atoms with Gasteiger partial charge in [-0.15, -0.1) is 11.3 Å². The third-order valence-electron chi connectivity index (χ3n) is 6.63. The van der Waals surface area contributed by atoms with E-state index in [4.69, 9.17) is 5.73 Å². The molecule has 0 saturated carbocycles. The van der Waals surface area contributed by atoms with Crippen molar-refractivity contribution in [3.63, 3.8) is 0 Å². The van der Waals surface area contributed by atoms with Crippen molar-refractivity contribution in [2.24, 2.45) is 5.41 Å². The minimum Gasteiger partial charge on any atom is -0.383 e. The SMILES string of the molecule is CC(C)(C)Cc1csc(C2(C)C(=O)Nc3nc(-c4nn(CCC(F)(F)C(F)(F)F)c5ncc(F)cc45)nc(N)c32)n1. The molecule has 0 aliphatic carbocycles. The lowest BCUT2D eigenvalue weighted by Gasteiger charge is -2.20. The number of amides is 1. The van der Waals surface area contributed by atoms with Crippen LogP contribution < -0.4 is 11.1 Å². The Morgan fingerprint density at radius 3 is 2.49 bits per heavy atom. The number of carbonyl (C=O) groups excluding carboxylic acids is 1. The first-order valence-corrected chi connectivity index (χ1v) is 13.2. The summed E-state index contributed by atoms with van der Waals surface area (Å²) in [4.78, 5) is 30.4. The first kappa shape index (κ1) is 28.7. The van der Waals surface area contributed by atoms with Crippen LogP contribution in [-0.4, -0.2) is 47.7 Å². The molecule has 0 radical (unpaired) electrons. The number of pyridine rings is 1. The van der Waals surface area contributed by atoms with Crippen molar-refractivity contribution in [3.05, 3.63) is 39.7 Å². The molecule has 1 amide bonds. The normalized spacial score (nSPS) is 17.8. The molecule has 218 valence electrons. The number of alkyl halides is 5. The maximum atomic E-state index is 14.1. The van der Waals surface area contributed by atoms with Crippen LogP contribution >= 0.6 is 11.3 Å². The van der Waals surface area contributed by atoms with Gasteiger partial charge in [0.15, 0.2) is 11.5 Å². The molecule has 16 heteroatoms. The van der Waals surface area contributed by atoms with Crippen molar-refractivity contribution in [1.29, 1.82) is 0 Å². The number of hydrogen-bond donors (Lipinski definition) is 2. The van der Waals surface area contributed by atoms with Gasteiger partial charge in [-0.2, -0.15) is 27.1 Å². The van der Waals surface area contributed by atoms with Crippen molar-refractivity contribution in [1.82, 2.24) is 29.7 Å². The Bertz CT molecular complexity index is 1670. The van der Waals surface area contributed by atoms with E-state index in [0.29, 0.717) is 11.4 Å². The fourth-order valence-corrected chi connectivity index (χ4v) is 5.61. The van der Waals surface area contributed by atoms with Crippen LogP contribution in [0.3, 0.4) is 0 Å². The highest BCUT2D eigenvalue weighted by Crippen LogP contribution is 2.46. The summed E-state index contributed by atoms with van der Waals surface area (Å²) in [5, 5.41) is 9.06. The fraction of sp³-hybridized carbons (Fsp3) is 0.440. The lowest BCUT2D eigenvalue weighted by Crippen LogP contribution is -2.37. The Kier molecular flexibility index (Phi) is 6.55. The van der Waals surface area contributed by atoms with Crippen LogP contribution in [-0.2, 0) is 23.2 Å². The van der Waals surface area contributed by atoms with E-state index in [1.54, 1.807) is 6.92 Å². The number of nitrogens with two attached hydrogens (primary N) is 1. The molecule has 0 spiro atoms. The molecule has 5 heterocycles. The summed E-state index contributed by atoms with van der Waals surface area (Å²) in [5.41, 5.74) is 5.70. The molecule has 4 aromatic heterocycles. The number of fused-ring (bicyclic) bond motifs is 2. The van der Waals surface area contributed by atoms with Crippen molar-refractivity contribution in [2.75, 3.05) is 11.1 Å². The van der Waals surface area contributed by atoms with Gasteiger partial charge in [-0.25, -0.2) is 29.0 Å². The predicted octanol–water partition coefficient (Wildman–Crippen LogP) is 5.50. The van der Waals surface area contributed by atoms with Gasteiger partial charge in [0, 0.05) is 18.3 Å². The summed E-state index contributed by atoms with van der Waals surface area (Å²) >= 11 is 1.29. The van der Waals surface area contributed by atoms with E-state index in [1.807, 2.05) is 5.38 Å². The number of nitrogen functional groups attached to an aromatic ring is 1. The molecular weight excluding hydrogens is 574 g/mol. The second-order valence-electron chi connectivity index (χ2n) is 11.2. The molecule has 5 rings (SSSR count). The number of carbonyl (C=O) groups is 1. The van der Waals surface area contributed by atoms with E-state index >= 15 is 0 Å². The number of halogens is 6. The topological polar surface area (TPSA) is 124 Å². The summed E-state index contributed by atoms with van der Waals surface area (Å²) < 4.78 is 80.3. The van der Waals surface area contributed by atoms with E-state index in [1.165, 1.54) is 11.3 Å². The molecule has 1 aliphatic heterocycles. The van der Waals surface area contributed by atoms with Crippen molar-refractivity contribution >= 4 is 39.9 Å². The summed E-state index contributed by atoms with van der Waals surface area (Å²) in [6, 6.07) is 0.977. The molecule has 1 unspecified atom stereocenters. The molecule has 9 nitrogen and oxygen atoms in total. The Labute approximate surface area is 233 Å². The van der Waals surface area contributed by atoms with Gasteiger partial charge in [-0.05, 0) is 24.8 Å². The molecule has 0 aromatic carbocycles. The Morgan fingerprint density at radius 2 is 1.83 bits per heavy atom. The van der Waals surface area contributed by atoms with E-state index in [9.17, 15) is 31.1 Å². The molecule has 0 fully saturated rings. The Hall–Kier alpha value is -3.82. The zero-order chi connectivity index (χ0) is 30.1. The highest BCUT2D eigenvalue weighted by molar-refractivity contribution is 7.10. The van der Waals surface area contributed by atoms with Crippen LogP contribution in [0.5, 0.6) is 0 Å². The maximum absolute atomic E-state index is 14.1. The second-order valence-corrected chi connectivity index (χ2v) is 12.0. The van der Waals surface area contributed by atoms with Crippen molar-refractivity contribution < 1.29 is 31.1 Å². The molecule has 3 N–H and O–H groups in total. The van der Waals surface area contributed by atoms with Crippen LogP contribution in [0.1, 0.15) is 50.4 Å². The second kappa shape index (κ2) is 9.36.